The number of halogens is 1. The van der Waals surface area contributed by atoms with Crippen molar-refractivity contribution in [2.75, 3.05) is 5.32 Å². The molecule has 7 nitrogen and oxygen atoms in total. The predicted octanol–water partition coefficient (Wildman–Crippen LogP) is 3.39. The Hall–Kier alpha value is -2.49. The van der Waals surface area contributed by atoms with Gasteiger partial charge in [-0.05, 0) is 72.2 Å². The van der Waals surface area contributed by atoms with Crippen molar-refractivity contribution in [1.29, 1.82) is 0 Å². The van der Waals surface area contributed by atoms with E-state index in [1.807, 2.05) is 39.0 Å². The van der Waals surface area contributed by atoms with Gasteiger partial charge in [-0.2, -0.15) is 0 Å². The van der Waals surface area contributed by atoms with Crippen molar-refractivity contribution in [3.8, 4) is 0 Å². The Bertz CT molecular complexity index is 1190. The molecule has 3 aromatic rings. The maximum atomic E-state index is 13.1. The second kappa shape index (κ2) is 7.86. The van der Waals surface area contributed by atoms with Crippen molar-refractivity contribution in [3.63, 3.8) is 0 Å². The van der Waals surface area contributed by atoms with Gasteiger partial charge in [0.1, 0.15) is 0 Å². The first-order chi connectivity index (χ1) is 13.2. The summed E-state index contributed by atoms with van der Waals surface area (Å²) in [6, 6.07) is 7.31. The number of carbonyl (C=O) groups excluding carboxylic acids is 1. The van der Waals surface area contributed by atoms with Gasteiger partial charge in [0.25, 0.3) is 11.5 Å². The molecular weight excluding hydrogens is 471 g/mol. The van der Waals surface area contributed by atoms with E-state index in [9.17, 15) is 14.4 Å². The van der Waals surface area contributed by atoms with Crippen LogP contribution >= 0.6 is 22.6 Å². The summed E-state index contributed by atoms with van der Waals surface area (Å²) in [4.78, 5) is 44.6. The smallest absolute Gasteiger partial charge is 0.322 e. The molecule has 28 heavy (non-hydrogen) atoms. The largest absolute Gasteiger partial charge is 0.329 e. The lowest BCUT2D eigenvalue weighted by molar-refractivity contribution is 0.102. The van der Waals surface area contributed by atoms with E-state index in [0.717, 1.165) is 9.13 Å². The number of fused-ring (bicyclic) bond motifs is 1. The summed E-state index contributed by atoms with van der Waals surface area (Å²) in [5.41, 5.74) is 1.51. The maximum absolute atomic E-state index is 13.1. The monoisotopic (exact) mass is 492 g/mol. The second-order valence-electron chi connectivity index (χ2n) is 6.86. The first kappa shape index (κ1) is 20.2. The average molecular weight is 492 g/mol. The van der Waals surface area contributed by atoms with Crippen LogP contribution in [0.3, 0.4) is 0 Å². The number of H-pyrrole nitrogens is 1. The topological polar surface area (TPSA) is 96.9 Å². The molecular formula is C20H21IN4O3. The predicted molar refractivity (Wildman–Crippen MR) is 118 cm³/mol. The Balaban J connectivity index is 2.25. The highest BCUT2D eigenvalue weighted by Crippen LogP contribution is 2.23. The lowest BCUT2D eigenvalue weighted by Gasteiger charge is -2.15. The molecule has 1 amide bonds. The van der Waals surface area contributed by atoms with Crippen molar-refractivity contribution in [2.24, 2.45) is 0 Å². The van der Waals surface area contributed by atoms with E-state index in [4.69, 9.17) is 0 Å². The van der Waals surface area contributed by atoms with Crippen molar-refractivity contribution in [2.45, 2.75) is 40.2 Å². The molecule has 2 heterocycles. The number of nitrogens with one attached hydrogen (secondary N) is 2. The lowest BCUT2D eigenvalue weighted by atomic mass is 10.0. The van der Waals surface area contributed by atoms with Crippen molar-refractivity contribution >= 4 is 45.2 Å². The number of aryl methyl sites for hydroxylation is 2. The fraction of sp³-hybridized carbons (Fsp3) is 0.300. The minimum absolute atomic E-state index is 0.0238. The van der Waals surface area contributed by atoms with Gasteiger partial charge < -0.3 is 5.32 Å². The summed E-state index contributed by atoms with van der Waals surface area (Å²) >= 11 is 2.21. The molecule has 146 valence electrons. The molecule has 0 bridgehead atoms. The van der Waals surface area contributed by atoms with Gasteiger partial charge in [-0.25, -0.2) is 9.78 Å². The third-order valence-corrected chi connectivity index (χ3v) is 5.23. The third-order valence-electron chi connectivity index (χ3n) is 4.56. The molecule has 8 heteroatoms. The zero-order chi connectivity index (χ0) is 20.6. The van der Waals surface area contributed by atoms with Gasteiger partial charge in [0, 0.05) is 21.5 Å². The number of nitrogens with zero attached hydrogens (tertiary/aromatic N) is 2. The van der Waals surface area contributed by atoms with Gasteiger partial charge in [0.15, 0.2) is 5.65 Å². The molecule has 0 saturated carbocycles. The number of pyridine rings is 1. The fourth-order valence-electron chi connectivity index (χ4n) is 3.02. The van der Waals surface area contributed by atoms with Gasteiger partial charge in [-0.3, -0.25) is 19.1 Å². The highest BCUT2D eigenvalue weighted by molar-refractivity contribution is 14.1. The standard InChI is InChI=1S/C20H21IN4O3/c1-5-25-17-16(19(27)24-20(25)28)13(9-15(22-17)10(2)3)18(26)23-14-7-6-12(21)8-11(14)4/h6-10H,5H2,1-4H3,(H,23,26)(H,24,27,28). The van der Waals surface area contributed by atoms with Gasteiger partial charge in [-0.15, -0.1) is 0 Å². The summed E-state index contributed by atoms with van der Waals surface area (Å²) in [5, 5.41) is 3.00. The van der Waals surface area contributed by atoms with Crippen molar-refractivity contribution in [3.05, 3.63) is 65.5 Å². The molecule has 0 saturated heterocycles. The molecule has 0 aliphatic carbocycles. The molecule has 2 N–H and O–H groups in total. The third kappa shape index (κ3) is 3.73. The van der Waals surface area contributed by atoms with Gasteiger partial charge in [0.2, 0.25) is 0 Å². The molecule has 0 radical (unpaired) electrons. The molecule has 2 aromatic heterocycles. The van der Waals surface area contributed by atoms with E-state index >= 15 is 0 Å². The van der Waals surface area contributed by atoms with Crippen LogP contribution in [0.2, 0.25) is 0 Å². The molecule has 1 aromatic carbocycles. The number of rotatable bonds is 4. The van der Waals surface area contributed by atoms with E-state index < -0.39 is 17.2 Å². The highest BCUT2D eigenvalue weighted by Gasteiger charge is 2.20. The lowest BCUT2D eigenvalue weighted by Crippen LogP contribution is -2.32. The number of hydrogen-bond donors (Lipinski definition) is 2. The summed E-state index contributed by atoms with van der Waals surface area (Å²) in [5.74, 6) is -0.388. The summed E-state index contributed by atoms with van der Waals surface area (Å²) in [7, 11) is 0. The Morgan fingerprint density at radius 2 is 2.00 bits per heavy atom. The SMILES string of the molecule is CCn1c(=O)[nH]c(=O)c2c(C(=O)Nc3ccc(I)cc3C)cc(C(C)C)nc21. The summed E-state index contributed by atoms with van der Waals surface area (Å²) in [6.07, 6.45) is 0. The van der Waals surface area contributed by atoms with E-state index in [1.165, 1.54) is 4.57 Å². The second-order valence-corrected chi connectivity index (χ2v) is 8.11. The van der Waals surface area contributed by atoms with Crippen LogP contribution < -0.4 is 16.6 Å². The minimum atomic E-state index is -0.614. The van der Waals surface area contributed by atoms with Gasteiger partial charge >= 0.3 is 5.69 Å². The van der Waals surface area contributed by atoms with Crippen LogP contribution in [0.25, 0.3) is 11.0 Å². The first-order valence-electron chi connectivity index (χ1n) is 8.98. The summed E-state index contributed by atoms with van der Waals surface area (Å²) < 4.78 is 2.43. The Labute approximate surface area is 175 Å². The Kier molecular flexibility index (Phi) is 5.69. The Morgan fingerprint density at radius 1 is 1.29 bits per heavy atom. The number of anilines is 1. The highest BCUT2D eigenvalue weighted by atomic mass is 127. The normalized spacial score (nSPS) is 11.2. The molecule has 0 fully saturated rings. The number of carbonyl (C=O) groups is 1. The zero-order valence-corrected chi connectivity index (χ0v) is 18.2. The molecule has 0 spiro atoms. The quantitative estimate of drug-likeness (QED) is 0.546. The maximum Gasteiger partial charge on any atom is 0.329 e. The summed E-state index contributed by atoms with van der Waals surface area (Å²) in [6.45, 7) is 7.92. The van der Waals surface area contributed by atoms with Crippen LogP contribution in [0.1, 0.15) is 48.3 Å². The van der Waals surface area contributed by atoms with Crippen LogP contribution in [0.4, 0.5) is 5.69 Å². The van der Waals surface area contributed by atoms with E-state index in [2.05, 4.69) is 37.9 Å². The molecule has 3 rings (SSSR count). The Morgan fingerprint density at radius 3 is 2.61 bits per heavy atom. The van der Waals surface area contributed by atoms with Gasteiger partial charge in [-0.1, -0.05) is 13.8 Å². The van der Waals surface area contributed by atoms with Crippen molar-refractivity contribution in [1.82, 2.24) is 14.5 Å². The van der Waals surface area contributed by atoms with Crippen LogP contribution in [0, 0.1) is 10.5 Å². The average Bonchev–Trinajstić information content (AvgIpc) is 2.63. The molecule has 0 unspecified atom stereocenters. The van der Waals surface area contributed by atoms with E-state index in [0.29, 0.717) is 17.9 Å². The fourth-order valence-corrected chi connectivity index (χ4v) is 3.67. The van der Waals surface area contributed by atoms with E-state index in [-0.39, 0.29) is 22.5 Å². The molecule has 0 aliphatic rings. The number of aromatic amines is 1. The number of benzene rings is 1. The number of hydrogen-bond acceptors (Lipinski definition) is 4. The number of aromatic nitrogens is 3. The first-order valence-corrected chi connectivity index (χ1v) is 10.1. The van der Waals surface area contributed by atoms with Crippen LogP contribution in [-0.4, -0.2) is 20.4 Å². The molecule has 0 aliphatic heterocycles. The number of amides is 1. The molecule has 0 atom stereocenters. The van der Waals surface area contributed by atoms with Crippen LogP contribution in [0.15, 0.2) is 33.9 Å². The van der Waals surface area contributed by atoms with Gasteiger partial charge in [0.05, 0.1) is 10.9 Å². The van der Waals surface area contributed by atoms with E-state index in [1.54, 1.807) is 13.0 Å². The van der Waals surface area contributed by atoms with Crippen LogP contribution in [-0.2, 0) is 6.54 Å². The van der Waals surface area contributed by atoms with Crippen molar-refractivity contribution < 1.29 is 4.79 Å². The minimum Gasteiger partial charge on any atom is -0.322 e. The van der Waals surface area contributed by atoms with Crippen LogP contribution in [0.5, 0.6) is 0 Å². The zero-order valence-electron chi connectivity index (χ0n) is 16.1.